The molecule has 0 amide bonds. The van der Waals surface area contributed by atoms with Gasteiger partial charge in [-0.1, -0.05) is 46.8 Å². The third kappa shape index (κ3) is 3.99. The minimum Gasteiger partial charge on any atom is -0.455 e. The summed E-state index contributed by atoms with van der Waals surface area (Å²) in [6.07, 6.45) is 0. The van der Waals surface area contributed by atoms with Crippen molar-refractivity contribution >= 4 is 21.1 Å². The van der Waals surface area contributed by atoms with Crippen molar-refractivity contribution in [3.63, 3.8) is 0 Å². The highest BCUT2D eigenvalue weighted by atomic mass is 32.2. The zero-order chi connectivity index (χ0) is 23.0. The van der Waals surface area contributed by atoms with Crippen molar-refractivity contribution < 1.29 is 17.7 Å². The normalized spacial score (nSPS) is 12.4. The van der Waals surface area contributed by atoms with Gasteiger partial charge in [-0.05, 0) is 19.1 Å². The van der Waals surface area contributed by atoms with E-state index in [9.17, 15) is 22.8 Å². The fourth-order valence-electron chi connectivity index (χ4n) is 3.28. The molecule has 0 saturated heterocycles. The Morgan fingerprint density at radius 3 is 2.09 bits per heavy atom. The van der Waals surface area contributed by atoms with E-state index in [1.54, 1.807) is 36.4 Å². The highest BCUT2D eigenvalue weighted by Crippen LogP contribution is 2.18. The summed E-state index contributed by atoms with van der Waals surface area (Å²) in [6, 6.07) is 13.7. The lowest BCUT2D eigenvalue weighted by Crippen LogP contribution is -2.36. The Balaban J connectivity index is 2.12. The summed E-state index contributed by atoms with van der Waals surface area (Å²) < 4.78 is 36.5. The molecule has 2 aliphatic rings. The van der Waals surface area contributed by atoms with Crippen LogP contribution in [0.2, 0.25) is 0 Å². The molecule has 2 aromatic rings. The zero-order valence-corrected chi connectivity index (χ0v) is 17.3. The fraction of sp³-hybridized carbons (Fsp3) is 0.0476. The molecule has 3 N–H and O–H groups in total. The standard InChI is InChI=1S/C21H15N3O7S/c1-11-6-8-12(9-7-11)31-16-10-15(25)17-18(19(16)22-23-24-32(28,29)30)21(27)14-5-3-2-4-13(14)20(17)26/h2-10,23-24H,1H3,(H,28,29,30)/b22-19+. The van der Waals surface area contributed by atoms with E-state index < -0.39 is 31.8 Å². The van der Waals surface area contributed by atoms with Gasteiger partial charge in [-0.15, -0.1) is 0 Å². The van der Waals surface area contributed by atoms with Crippen LogP contribution in [0.4, 0.5) is 0 Å². The largest absolute Gasteiger partial charge is 0.455 e. The Bertz CT molecular complexity index is 1740. The molecule has 32 heavy (non-hydrogen) atoms. The van der Waals surface area contributed by atoms with Crippen LogP contribution in [0.3, 0.4) is 0 Å². The molecule has 0 radical (unpaired) electrons. The van der Waals surface area contributed by atoms with Crippen LogP contribution >= 0.6 is 0 Å². The number of hydrazine groups is 1. The monoisotopic (exact) mass is 453 g/mol. The molecule has 0 aliphatic heterocycles. The van der Waals surface area contributed by atoms with Gasteiger partial charge in [0.15, 0.2) is 22.0 Å². The molecule has 0 aromatic heterocycles. The zero-order valence-electron chi connectivity index (χ0n) is 16.4. The smallest absolute Gasteiger partial charge is 0.351 e. The predicted molar refractivity (Wildman–Crippen MR) is 115 cm³/mol. The van der Waals surface area contributed by atoms with E-state index in [2.05, 4.69) is 5.10 Å². The van der Waals surface area contributed by atoms with E-state index in [4.69, 9.17) is 9.29 Å². The molecular weight excluding hydrogens is 438 g/mol. The maximum Gasteiger partial charge on any atom is 0.351 e. The first-order valence-corrected chi connectivity index (χ1v) is 10.6. The SMILES string of the molecule is Cc1ccc(Oc2cc(=O)c3c(=O)c4ccccc4c(=O)c=3/c2=N/NNS(=O)(=O)O)cc1. The number of benzene rings is 2. The lowest BCUT2D eigenvalue weighted by molar-refractivity contribution is 0.448. The van der Waals surface area contributed by atoms with Gasteiger partial charge >= 0.3 is 10.3 Å². The summed E-state index contributed by atoms with van der Waals surface area (Å²) >= 11 is 0. The molecule has 0 atom stereocenters. The number of hydrogen-bond donors (Lipinski definition) is 3. The maximum absolute atomic E-state index is 13.2. The lowest BCUT2D eigenvalue weighted by atomic mass is 10.0. The molecule has 0 spiro atoms. The predicted octanol–water partition coefficient (Wildman–Crippen LogP) is 0.334. The lowest BCUT2D eigenvalue weighted by Gasteiger charge is -2.08. The van der Waals surface area contributed by atoms with Crippen molar-refractivity contribution in [1.29, 1.82) is 0 Å². The number of hydrogen-bond acceptors (Lipinski definition) is 8. The first-order chi connectivity index (χ1) is 15.2. The van der Waals surface area contributed by atoms with E-state index in [1.165, 1.54) is 17.0 Å². The fourth-order valence-corrected chi connectivity index (χ4v) is 3.44. The molecule has 10 nitrogen and oxygen atoms in total. The Labute approximate surface area is 179 Å². The number of aryl methyl sites for hydroxylation is 1. The van der Waals surface area contributed by atoms with Crippen LogP contribution in [-0.2, 0) is 10.3 Å². The van der Waals surface area contributed by atoms with E-state index in [0.29, 0.717) is 5.75 Å². The van der Waals surface area contributed by atoms with Gasteiger partial charge in [-0.25, -0.2) is 5.53 Å². The first-order valence-electron chi connectivity index (χ1n) is 9.16. The highest BCUT2D eigenvalue weighted by molar-refractivity contribution is 7.83. The van der Waals surface area contributed by atoms with Crippen LogP contribution in [0.1, 0.15) is 5.56 Å². The number of nitrogens with one attached hydrogen (secondary N) is 2. The average molecular weight is 453 g/mol. The number of nitrogens with zero attached hydrogens (tertiary/aromatic N) is 1. The Hall–Kier alpha value is -3.93. The van der Waals surface area contributed by atoms with Crippen molar-refractivity contribution in [2.75, 3.05) is 0 Å². The van der Waals surface area contributed by atoms with Gasteiger partial charge in [0.25, 0.3) is 0 Å². The second kappa shape index (κ2) is 7.96. The van der Waals surface area contributed by atoms with Gasteiger partial charge in [0.2, 0.25) is 0 Å². The first kappa shape index (κ1) is 21.3. The van der Waals surface area contributed by atoms with Gasteiger partial charge in [0.05, 0.1) is 10.4 Å². The second-order valence-electron chi connectivity index (χ2n) is 6.89. The minimum absolute atomic E-state index is 0.0658. The topological polar surface area (TPSA) is 151 Å². The van der Waals surface area contributed by atoms with Gasteiger partial charge in [-0.2, -0.15) is 13.5 Å². The number of ether oxygens (including phenoxy) is 1. The third-order valence-corrected chi connectivity index (χ3v) is 5.04. The molecule has 11 heteroatoms. The van der Waals surface area contributed by atoms with Crippen molar-refractivity contribution in [2.45, 2.75) is 6.92 Å². The van der Waals surface area contributed by atoms with Crippen LogP contribution in [0, 0.1) is 17.4 Å². The summed E-state index contributed by atoms with van der Waals surface area (Å²) in [4.78, 5) is 40.5. The molecule has 0 bridgehead atoms. The van der Waals surface area contributed by atoms with Crippen molar-refractivity contribution in [3.05, 3.63) is 107 Å². The Morgan fingerprint density at radius 2 is 1.50 bits per heavy atom. The van der Waals surface area contributed by atoms with Gasteiger partial charge in [0, 0.05) is 16.8 Å². The van der Waals surface area contributed by atoms with Crippen molar-refractivity contribution in [3.8, 4) is 11.5 Å². The third-order valence-electron chi connectivity index (χ3n) is 4.69. The number of rotatable bonds is 5. The van der Waals surface area contributed by atoms with Crippen LogP contribution in [-0.4, -0.2) is 13.0 Å². The highest BCUT2D eigenvalue weighted by Gasteiger charge is 2.16. The summed E-state index contributed by atoms with van der Waals surface area (Å²) in [7, 11) is -4.68. The average Bonchev–Trinajstić information content (AvgIpc) is 2.74. The summed E-state index contributed by atoms with van der Waals surface area (Å²) in [5.74, 6) is 0.117. The van der Waals surface area contributed by atoms with Crippen LogP contribution in [0.25, 0.3) is 10.8 Å². The molecular formula is C21H15N3O7S. The maximum atomic E-state index is 13.2. The minimum atomic E-state index is -4.68. The summed E-state index contributed by atoms with van der Waals surface area (Å²) in [5.41, 5.74) is 0.773. The van der Waals surface area contributed by atoms with E-state index in [-0.39, 0.29) is 27.1 Å². The van der Waals surface area contributed by atoms with Gasteiger partial charge in [0.1, 0.15) is 11.1 Å². The van der Waals surface area contributed by atoms with Gasteiger partial charge < -0.3 is 4.74 Å². The van der Waals surface area contributed by atoms with E-state index >= 15 is 0 Å². The van der Waals surface area contributed by atoms with Crippen LogP contribution in [0.5, 0.6) is 11.5 Å². The molecule has 2 aliphatic carbocycles. The molecule has 162 valence electrons. The molecule has 0 unspecified atom stereocenters. The Kier molecular flexibility index (Phi) is 5.30. The number of fused-ring (bicyclic) bond motifs is 1. The molecule has 0 saturated carbocycles. The van der Waals surface area contributed by atoms with Crippen LogP contribution < -0.4 is 36.7 Å². The quantitative estimate of drug-likeness (QED) is 0.289. The van der Waals surface area contributed by atoms with Crippen molar-refractivity contribution in [2.24, 2.45) is 5.10 Å². The van der Waals surface area contributed by atoms with E-state index in [0.717, 1.165) is 11.6 Å². The summed E-state index contributed by atoms with van der Waals surface area (Å²) in [6.45, 7) is 1.87. The van der Waals surface area contributed by atoms with E-state index in [1.807, 2.05) is 12.5 Å². The molecule has 0 fully saturated rings. The Morgan fingerprint density at radius 1 is 0.906 bits per heavy atom. The van der Waals surface area contributed by atoms with Crippen LogP contribution in [0.15, 0.2) is 74.1 Å². The van der Waals surface area contributed by atoms with Crippen molar-refractivity contribution in [1.82, 2.24) is 10.4 Å². The van der Waals surface area contributed by atoms with Gasteiger partial charge in [-0.3, -0.25) is 18.9 Å². The molecule has 4 rings (SSSR count). The molecule has 2 aromatic carbocycles. The second-order valence-corrected chi connectivity index (χ2v) is 8.05. The molecule has 0 heterocycles. The summed E-state index contributed by atoms with van der Waals surface area (Å²) in [5, 5.41) is 2.89.